The average Bonchev–Trinajstić information content (AvgIpc) is 3.09. The number of nitrogens with zero attached hydrogens (tertiary/aromatic N) is 4. The predicted octanol–water partition coefficient (Wildman–Crippen LogP) is 2.96. The van der Waals surface area contributed by atoms with Crippen LogP contribution in [0.5, 0.6) is 0 Å². The van der Waals surface area contributed by atoms with Gasteiger partial charge < -0.3 is 0 Å². The van der Waals surface area contributed by atoms with Gasteiger partial charge in [0.2, 0.25) is 0 Å². The van der Waals surface area contributed by atoms with Crippen molar-refractivity contribution in [2.45, 2.75) is 10.7 Å². The fourth-order valence-corrected chi connectivity index (χ4v) is 2.81. The van der Waals surface area contributed by atoms with Gasteiger partial charge in [0.25, 0.3) is 0 Å². The quantitative estimate of drug-likeness (QED) is 0.794. The first-order chi connectivity index (χ1) is 11.0. The molecule has 1 heterocycles. The smallest absolute Gasteiger partial charge is 0.244 e. The largest absolute Gasteiger partial charge is 0.323 e. The van der Waals surface area contributed by atoms with Gasteiger partial charge in [0.05, 0.1) is 10.6 Å². The topological polar surface area (TPSA) is 84.5 Å². The number of halogens is 2. The number of alkyl halides is 2. The van der Waals surface area contributed by atoms with Gasteiger partial charge in [-0.25, -0.2) is 13.7 Å². The standard InChI is InChI=1S/C14H11F2N5OS/c15-14(16)23(17,22)13-6-4-10(5-7-13)11-2-1-3-12(8-11)21-9-18-19-20-21/h1-9,14,17H. The predicted molar refractivity (Wildman–Crippen MR) is 79.7 cm³/mol. The molecule has 9 heteroatoms. The molecule has 0 aliphatic rings. The van der Waals surface area contributed by atoms with Crippen LogP contribution in [0.15, 0.2) is 59.8 Å². The fourth-order valence-electron chi connectivity index (χ4n) is 2.06. The molecule has 2 aromatic carbocycles. The average molecular weight is 335 g/mol. The highest BCUT2D eigenvalue weighted by molar-refractivity contribution is 7.92. The second kappa shape index (κ2) is 5.84. The van der Waals surface area contributed by atoms with E-state index in [2.05, 4.69) is 15.5 Å². The van der Waals surface area contributed by atoms with Gasteiger partial charge in [-0.1, -0.05) is 24.3 Å². The molecule has 0 radical (unpaired) electrons. The Bertz CT molecular complexity index is 909. The van der Waals surface area contributed by atoms with E-state index in [9.17, 15) is 13.0 Å². The number of tetrazole rings is 1. The molecule has 23 heavy (non-hydrogen) atoms. The summed E-state index contributed by atoms with van der Waals surface area (Å²) in [5.74, 6) is -3.21. The molecule has 6 nitrogen and oxygen atoms in total. The molecule has 1 unspecified atom stereocenters. The van der Waals surface area contributed by atoms with Gasteiger partial charge in [-0.3, -0.25) is 0 Å². The lowest BCUT2D eigenvalue weighted by Crippen LogP contribution is -2.09. The molecule has 0 saturated heterocycles. The summed E-state index contributed by atoms with van der Waals surface area (Å²) in [6, 6.07) is 13.0. The van der Waals surface area contributed by atoms with Gasteiger partial charge in [-0.15, -0.1) is 5.10 Å². The van der Waals surface area contributed by atoms with Crippen molar-refractivity contribution in [1.82, 2.24) is 20.2 Å². The number of nitrogens with one attached hydrogen (secondary N) is 1. The lowest BCUT2D eigenvalue weighted by atomic mass is 10.1. The third-order valence-electron chi connectivity index (χ3n) is 3.25. The molecule has 3 aromatic rings. The van der Waals surface area contributed by atoms with Crippen molar-refractivity contribution in [2.24, 2.45) is 0 Å². The van der Waals surface area contributed by atoms with Crippen molar-refractivity contribution in [3.05, 3.63) is 54.9 Å². The molecular formula is C14H11F2N5OS. The summed E-state index contributed by atoms with van der Waals surface area (Å²) in [5, 5.41) is 10.9. The number of aromatic nitrogens is 4. The minimum atomic E-state index is -4.08. The summed E-state index contributed by atoms with van der Waals surface area (Å²) in [6.45, 7) is 0. The molecular weight excluding hydrogens is 324 g/mol. The maximum atomic E-state index is 12.6. The Kier molecular flexibility index (Phi) is 3.87. The lowest BCUT2D eigenvalue weighted by molar-refractivity contribution is 0.241. The van der Waals surface area contributed by atoms with Crippen molar-refractivity contribution >= 4 is 9.73 Å². The lowest BCUT2D eigenvalue weighted by Gasteiger charge is -2.08. The molecule has 1 atom stereocenters. The fraction of sp³-hybridized carbons (Fsp3) is 0.0714. The van der Waals surface area contributed by atoms with Crippen LogP contribution in [0.2, 0.25) is 0 Å². The summed E-state index contributed by atoms with van der Waals surface area (Å²) in [5.41, 5.74) is 2.31. The Balaban J connectivity index is 1.96. The number of rotatable bonds is 4. The molecule has 0 bridgehead atoms. The van der Waals surface area contributed by atoms with Crippen molar-refractivity contribution < 1.29 is 13.0 Å². The number of hydrogen-bond acceptors (Lipinski definition) is 5. The van der Waals surface area contributed by atoms with Crippen LogP contribution in [0, 0.1) is 4.78 Å². The normalized spacial score (nSPS) is 13.9. The first-order valence-corrected chi connectivity index (χ1v) is 8.10. The first-order valence-electron chi connectivity index (χ1n) is 6.48. The maximum Gasteiger partial charge on any atom is 0.323 e. The third-order valence-corrected chi connectivity index (χ3v) is 4.72. The van der Waals surface area contributed by atoms with Gasteiger partial charge in [-0.2, -0.15) is 8.78 Å². The van der Waals surface area contributed by atoms with E-state index in [1.165, 1.54) is 23.1 Å². The minimum absolute atomic E-state index is 0.187. The first kappa shape index (κ1) is 15.2. The highest BCUT2D eigenvalue weighted by Gasteiger charge is 2.22. The highest BCUT2D eigenvalue weighted by atomic mass is 32.2. The molecule has 118 valence electrons. The van der Waals surface area contributed by atoms with Crippen LogP contribution < -0.4 is 0 Å². The third kappa shape index (κ3) is 2.95. The van der Waals surface area contributed by atoms with E-state index < -0.39 is 15.5 Å². The van der Waals surface area contributed by atoms with Gasteiger partial charge in [0.1, 0.15) is 16.1 Å². The van der Waals surface area contributed by atoms with E-state index in [0.717, 1.165) is 16.8 Å². The van der Waals surface area contributed by atoms with Crippen LogP contribution in [0.25, 0.3) is 16.8 Å². The SMILES string of the molecule is N=S(=O)(c1ccc(-c2cccc(-n3cnnn3)c2)cc1)C(F)F. The molecule has 0 saturated carbocycles. The van der Waals surface area contributed by atoms with Crippen molar-refractivity contribution in [2.75, 3.05) is 0 Å². The summed E-state index contributed by atoms with van der Waals surface area (Å²) in [7, 11) is -4.08. The monoisotopic (exact) mass is 335 g/mol. The van der Waals surface area contributed by atoms with Crippen LogP contribution in [-0.2, 0) is 9.73 Å². The second-order valence-corrected chi connectivity index (χ2v) is 6.72. The zero-order valence-corrected chi connectivity index (χ0v) is 12.5. The molecule has 0 spiro atoms. The van der Waals surface area contributed by atoms with Gasteiger partial charge in [-0.05, 0) is 45.8 Å². The Morgan fingerprint density at radius 1 is 1.09 bits per heavy atom. The summed E-state index contributed by atoms with van der Waals surface area (Å²) < 4.78 is 45.7. The summed E-state index contributed by atoms with van der Waals surface area (Å²) in [6.07, 6.45) is 1.46. The van der Waals surface area contributed by atoms with Crippen molar-refractivity contribution in [3.8, 4) is 16.8 Å². The molecule has 0 fully saturated rings. The van der Waals surface area contributed by atoms with Crippen molar-refractivity contribution in [3.63, 3.8) is 0 Å². The summed E-state index contributed by atoms with van der Waals surface area (Å²) >= 11 is 0. The van der Waals surface area contributed by atoms with Crippen LogP contribution >= 0.6 is 0 Å². The van der Waals surface area contributed by atoms with Crippen LogP contribution in [0.4, 0.5) is 8.78 Å². The molecule has 1 aromatic heterocycles. The highest BCUT2D eigenvalue weighted by Crippen LogP contribution is 2.25. The minimum Gasteiger partial charge on any atom is -0.244 e. The molecule has 0 aliphatic heterocycles. The maximum absolute atomic E-state index is 12.6. The van der Waals surface area contributed by atoms with E-state index in [1.54, 1.807) is 12.1 Å². The Morgan fingerprint density at radius 2 is 1.83 bits per heavy atom. The molecule has 0 aliphatic carbocycles. The zero-order valence-electron chi connectivity index (χ0n) is 11.6. The Morgan fingerprint density at radius 3 is 2.43 bits per heavy atom. The molecule has 1 N–H and O–H groups in total. The van der Waals surface area contributed by atoms with Gasteiger partial charge in [0, 0.05) is 0 Å². The van der Waals surface area contributed by atoms with Crippen molar-refractivity contribution in [1.29, 1.82) is 4.78 Å². The van der Waals surface area contributed by atoms with E-state index >= 15 is 0 Å². The van der Waals surface area contributed by atoms with E-state index in [-0.39, 0.29) is 4.90 Å². The number of benzene rings is 2. The molecule has 0 amide bonds. The summed E-state index contributed by atoms with van der Waals surface area (Å²) in [4.78, 5) is -0.187. The van der Waals surface area contributed by atoms with E-state index in [0.29, 0.717) is 0 Å². The van der Waals surface area contributed by atoms with E-state index in [4.69, 9.17) is 4.78 Å². The second-order valence-electron chi connectivity index (χ2n) is 4.69. The van der Waals surface area contributed by atoms with E-state index in [1.807, 2.05) is 24.3 Å². The Hall–Kier alpha value is -2.68. The van der Waals surface area contributed by atoms with Crippen LogP contribution in [0.1, 0.15) is 0 Å². The van der Waals surface area contributed by atoms with Crippen LogP contribution in [-0.4, -0.2) is 30.2 Å². The van der Waals surface area contributed by atoms with Crippen LogP contribution in [0.3, 0.4) is 0 Å². The number of hydrogen-bond donors (Lipinski definition) is 1. The Labute approximate surface area is 130 Å². The van der Waals surface area contributed by atoms with Gasteiger partial charge in [0.15, 0.2) is 0 Å². The van der Waals surface area contributed by atoms with Gasteiger partial charge >= 0.3 is 5.76 Å². The zero-order chi connectivity index (χ0) is 16.4. The molecule has 3 rings (SSSR count).